The molecule has 0 bridgehead atoms. The van der Waals surface area contributed by atoms with Crippen molar-refractivity contribution in [3.05, 3.63) is 22.4 Å². The predicted octanol–water partition coefficient (Wildman–Crippen LogP) is 2.57. The lowest BCUT2D eigenvalue weighted by atomic mass is 10.5. The molecule has 0 radical (unpaired) electrons. The monoisotopic (exact) mass is 253 g/mol. The fourth-order valence-electron chi connectivity index (χ4n) is 1.01. The SMILES string of the molecule is CCCS(=O)(=O)c1cc(Cl)nc(Cl)c1. The number of rotatable bonds is 3. The van der Waals surface area contributed by atoms with Crippen LogP contribution in [0.3, 0.4) is 0 Å². The minimum Gasteiger partial charge on any atom is -0.224 e. The third kappa shape index (κ3) is 2.83. The molecule has 14 heavy (non-hydrogen) atoms. The molecule has 0 aliphatic carbocycles. The molecule has 78 valence electrons. The topological polar surface area (TPSA) is 47.0 Å². The molecular weight excluding hydrogens is 245 g/mol. The third-order valence-corrected chi connectivity index (χ3v) is 3.86. The second kappa shape index (κ2) is 4.47. The van der Waals surface area contributed by atoms with Gasteiger partial charge >= 0.3 is 0 Å². The van der Waals surface area contributed by atoms with Gasteiger partial charge in [0.15, 0.2) is 9.84 Å². The fraction of sp³-hybridized carbons (Fsp3) is 0.375. The van der Waals surface area contributed by atoms with Crippen molar-refractivity contribution in [1.82, 2.24) is 4.98 Å². The van der Waals surface area contributed by atoms with Crippen molar-refractivity contribution in [3.63, 3.8) is 0 Å². The summed E-state index contributed by atoms with van der Waals surface area (Å²) in [5.41, 5.74) is 0. The van der Waals surface area contributed by atoms with Crippen LogP contribution in [-0.2, 0) is 9.84 Å². The van der Waals surface area contributed by atoms with Crippen molar-refractivity contribution in [2.75, 3.05) is 5.75 Å². The van der Waals surface area contributed by atoms with Gasteiger partial charge in [-0.3, -0.25) is 0 Å². The predicted molar refractivity (Wildman–Crippen MR) is 56.6 cm³/mol. The zero-order chi connectivity index (χ0) is 10.8. The first kappa shape index (κ1) is 11.8. The van der Waals surface area contributed by atoms with Crippen LogP contribution in [0.4, 0.5) is 0 Å². The van der Waals surface area contributed by atoms with E-state index < -0.39 is 9.84 Å². The maximum atomic E-state index is 11.6. The molecule has 0 fully saturated rings. The molecule has 0 aromatic carbocycles. The van der Waals surface area contributed by atoms with Gasteiger partial charge in [-0.05, 0) is 18.6 Å². The van der Waals surface area contributed by atoms with E-state index >= 15 is 0 Å². The van der Waals surface area contributed by atoms with Crippen LogP contribution in [-0.4, -0.2) is 19.2 Å². The molecule has 1 aromatic heterocycles. The van der Waals surface area contributed by atoms with Gasteiger partial charge in [0.05, 0.1) is 10.6 Å². The van der Waals surface area contributed by atoms with Crippen molar-refractivity contribution in [1.29, 1.82) is 0 Å². The maximum absolute atomic E-state index is 11.6. The van der Waals surface area contributed by atoms with Crippen LogP contribution >= 0.6 is 23.2 Å². The molecule has 0 spiro atoms. The van der Waals surface area contributed by atoms with Gasteiger partial charge in [-0.2, -0.15) is 0 Å². The van der Waals surface area contributed by atoms with Crippen molar-refractivity contribution in [2.24, 2.45) is 0 Å². The van der Waals surface area contributed by atoms with Crippen molar-refractivity contribution >= 4 is 33.0 Å². The smallest absolute Gasteiger partial charge is 0.178 e. The third-order valence-electron chi connectivity index (χ3n) is 1.57. The zero-order valence-corrected chi connectivity index (χ0v) is 9.83. The number of nitrogens with zero attached hydrogens (tertiary/aromatic N) is 1. The van der Waals surface area contributed by atoms with E-state index in [1.165, 1.54) is 12.1 Å². The second-order valence-corrected chi connectivity index (χ2v) is 5.65. The summed E-state index contributed by atoms with van der Waals surface area (Å²) in [6, 6.07) is 2.61. The van der Waals surface area contributed by atoms with E-state index in [-0.39, 0.29) is 21.0 Å². The van der Waals surface area contributed by atoms with E-state index in [2.05, 4.69) is 4.98 Å². The Labute approximate surface area is 93.0 Å². The van der Waals surface area contributed by atoms with Gasteiger partial charge in [0.2, 0.25) is 0 Å². The maximum Gasteiger partial charge on any atom is 0.178 e. The van der Waals surface area contributed by atoms with E-state index in [9.17, 15) is 8.42 Å². The lowest BCUT2D eigenvalue weighted by molar-refractivity contribution is 0.594. The molecule has 6 heteroatoms. The van der Waals surface area contributed by atoms with Crippen molar-refractivity contribution in [3.8, 4) is 0 Å². The van der Waals surface area contributed by atoms with Crippen molar-refractivity contribution < 1.29 is 8.42 Å². The highest BCUT2D eigenvalue weighted by molar-refractivity contribution is 7.91. The van der Waals surface area contributed by atoms with Crippen LogP contribution in [0, 0.1) is 0 Å². The summed E-state index contributed by atoms with van der Waals surface area (Å²) in [5.74, 6) is 0.0870. The van der Waals surface area contributed by atoms with Crippen LogP contribution in [0.15, 0.2) is 17.0 Å². The van der Waals surface area contributed by atoms with Crippen LogP contribution < -0.4 is 0 Å². The Balaban J connectivity index is 3.19. The highest BCUT2D eigenvalue weighted by Gasteiger charge is 2.14. The van der Waals surface area contributed by atoms with Crippen molar-refractivity contribution in [2.45, 2.75) is 18.2 Å². The Morgan fingerprint density at radius 1 is 1.29 bits per heavy atom. The van der Waals surface area contributed by atoms with Gasteiger partial charge in [-0.1, -0.05) is 30.1 Å². The quantitative estimate of drug-likeness (QED) is 0.779. The summed E-state index contributed by atoms with van der Waals surface area (Å²) in [4.78, 5) is 3.80. The number of halogens is 2. The van der Waals surface area contributed by atoms with Gasteiger partial charge in [0.25, 0.3) is 0 Å². The lowest BCUT2D eigenvalue weighted by Gasteiger charge is -2.03. The summed E-state index contributed by atoms with van der Waals surface area (Å²) in [7, 11) is -3.26. The molecule has 0 amide bonds. The highest BCUT2D eigenvalue weighted by Crippen LogP contribution is 2.20. The standard InChI is InChI=1S/C8H9Cl2NO2S/c1-2-3-14(12,13)6-4-7(9)11-8(10)5-6/h4-5H,2-3H2,1H3. The number of hydrogen-bond acceptors (Lipinski definition) is 3. The van der Waals surface area contributed by atoms with Gasteiger partial charge in [0.1, 0.15) is 10.3 Å². The normalized spacial score (nSPS) is 11.6. The van der Waals surface area contributed by atoms with Crippen LogP contribution in [0.5, 0.6) is 0 Å². The largest absolute Gasteiger partial charge is 0.224 e. The average Bonchev–Trinajstić information content (AvgIpc) is 2.02. The summed E-state index contributed by atoms with van der Waals surface area (Å²) >= 11 is 11.2. The molecule has 0 atom stereocenters. The lowest BCUT2D eigenvalue weighted by Crippen LogP contribution is -2.06. The molecule has 1 heterocycles. The summed E-state index contributed by atoms with van der Waals surface area (Å²) in [6.07, 6.45) is 0.555. The van der Waals surface area contributed by atoms with Gasteiger partial charge in [-0.25, -0.2) is 13.4 Å². The van der Waals surface area contributed by atoms with E-state index in [1.807, 2.05) is 0 Å². The Hall–Kier alpha value is -0.320. The molecule has 1 rings (SSSR count). The molecule has 0 aliphatic rings. The van der Waals surface area contributed by atoms with E-state index in [1.54, 1.807) is 6.92 Å². The Bertz CT molecular complexity index is 411. The summed E-state index contributed by atoms with van der Waals surface area (Å²) in [6.45, 7) is 1.79. The summed E-state index contributed by atoms with van der Waals surface area (Å²) < 4.78 is 23.2. The van der Waals surface area contributed by atoms with E-state index in [0.717, 1.165) is 0 Å². The number of pyridine rings is 1. The second-order valence-electron chi connectivity index (χ2n) is 2.77. The van der Waals surface area contributed by atoms with E-state index in [4.69, 9.17) is 23.2 Å². The molecule has 0 N–H and O–H groups in total. The first-order chi connectivity index (χ1) is 6.45. The Morgan fingerprint density at radius 2 is 1.79 bits per heavy atom. The fourth-order valence-corrected chi connectivity index (χ4v) is 2.95. The molecular formula is C8H9Cl2NO2S. The first-order valence-corrected chi connectivity index (χ1v) is 6.42. The van der Waals surface area contributed by atoms with Gasteiger partial charge in [-0.15, -0.1) is 0 Å². The molecule has 0 unspecified atom stereocenters. The van der Waals surface area contributed by atoms with E-state index in [0.29, 0.717) is 6.42 Å². The number of aromatic nitrogens is 1. The zero-order valence-electron chi connectivity index (χ0n) is 7.50. The van der Waals surface area contributed by atoms with Gasteiger partial charge in [0, 0.05) is 0 Å². The van der Waals surface area contributed by atoms with Gasteiger partial charge < -0.3 is 0 Å². The summed E-state index contributed by atoms with van der Waals surface area (Å²) in [5, 5.41) is 0.180. The molecule has 3 nitrogen and oxygen atoms in total. The molecule has 0 saturated heterocycles. The average molecular weight is 254 g/mol. The minimum absolute atomic E-state index is 0.0870. The van der Waals surface area contributed by atoms with Crippen LogP contribution in [0.2, 0.25) is 10.3 Å². The number of hydrogen-bond donors (Lipinski definition) is 0. The molecule has 0 saturated carbocycles. The number of sulfone groups is 1. The highest BCUT2D eigenvalue weighted by atomic mass is 35.5. The minimum atomic E-state index is -3.26. The first-order valence-electron chi connectivity index (χ1n) is 4.01. The Morgan fingerprint density at radius 3 is 2.21 bits per heavy atom. The van der Waals surface area contributed by atoms with Crippen LogP contribution in [0.25, 0.3) is 0 Å². The van der Waals surface area contributed by atoms with Crippen LogP contribution in [0.1, 0.15) is 13.3 Å². The Kier molecular flexibility index (Phi) is 3.75. The molecule has 0 aliphatic heterocycles. The molecule has 1 aromatic rings.